The van der Waals surface area contributed by atoms with Crippen molar-refractivity contribution < 1.29 is 4.74 Å². The molecule has 1 heterocycles. The number of nitrogens with zero attached hydrogens (tertiary/aromatic N) is 2. The summed E-state index contributed by atoms with van der Waals surface area (Å²) in [5.74, 6) is 2.81. The monoisotopic (exact) mass is 353 g/mol. The molecule has 0 saturated heterocycles. The highest BCUT2D eigenvalue weighted by molar-refractivity contribution is 9.10. The molecule has 0 amide bonds. The van der Waals surface area contributed by atoms with E-state index in [2.05, 4.69) is 31.2 Å². The molecule has 20 heavy (non-hydrogen) atoms. The zero-order valence-electron chi connectivity index (χ0n) is 10.9. The molecule has 0 bridgehead atoms. The molecule has 1 saturated carbocycles. The number of rotatable bonds is 4. The van der Waals surface area contributed by atoms with Crippen molar-refractivity contribution in [2.75, 3.05) is 12.4 Å². The van der Waals surface area contributed by atoms with Gasteiger partial charge in [-0.3, -0.25) is 0 Å². The summed E-state index contributed by atoms with van der Waals surface area (Å²) in [6.45, 7) is 0. The molecule has 1 N–H and O–H groups in total. The topological polar surface area (TPSA) is 47.0 Å². The van der Waals surface area contributed by atoms with Gasteiger partial charge in [0.1, 0.15) is 22.0 Å². The molecule has 0 aliphatic heterocycles. The molecule has 104 valence electrons. The predicted molar refractivity (Wildman–Crippen MR) is 83.0 cm³/mol. The maximum atomic E-state index is 6.11. The Kier molecular flexibility index (Phi) is 3.81. The predicted octanol–water partition coefficient (Wildman–Crippen LogP) is 4.52. The first-order chi connectivity index (χ1) is 9.65. The molecule has 1 aromatic carbocycles. The van der Waals surface area contributed by atoms with Crippen molar-refractivity contribution in [2.45, 2.75) is 18.8 Å². The summed E-state index contributed by atoms with van der Waals surface area (Å²) in [6.07, 6.45) is 2.34. The van der Waals surface area contributed by atoms with Gasteiger partial charge in [-0.05, 0) is 47.0 Å². The molecule has 1 aliphatic rings. The van der Waals surface area contributed by atoms with Gasteiger partial charge in [0.25, 0.3) is 0 Å². The van der Waals surface area contributed by atoms with E-state index < -0.39 is 0 Å². The number of methoxy groups -OCH3 is 1. The minimum Gasteiger partial charge on any atom is -0.495 e. The molecule has 0 spiro atoms. The average molecular weight is 355 g/mol. The average Bonchev–Trinajstić information content (AvgIpc) is 3.22. The first kappa shape index (κ1) is 13.6. The van der Waals surface area contributed by atoms with Crippen molar-refractivity contribution in [3.63, 3.8) is 0 Å². The van der Waals surface area contributed by atoms with E-state index in [1.165, 1.54) is 12.8 Å². The third kappa shape index (κ3) is 3.04. The summed E-state index contributed by atoms with van der Waals surface area (Å²) in [4.78, 5) is 8.94. The number of hydrogen-bond acceptors (Lipinski definition) is 4. The summed E-state index contributed by atoms with van der Waals surface area (Å²) in [6, 6.07) is 7.39. The molecule has 6 heteroatoms. The Labute approximate surface area is 130 Å². The van der Waals surface area contributed by atoms with Gasteiger partial charge in [0.15, 0.2) is 0 Å². The van der Waals surface area contributed by atoms with Crippen molar-refractivity contribution in [1.82, 2.24) is 9.97 Å². The van der Waals surface area contributed by atoms with Crippen molar-refractivity contribution in [2.24, 2.45) is 0 Å². The number of hydrogen-bond donors (Lipinski definition) is 1. The van der Waals surface area contributed by atoms with Gasteiger partial charge in [-0.15, -0.1) is 0 Å². The van der Waals surface area contributed by atoms with E-state index >= 15 is 0 Å². The lowest BCUT2D eigenvalue weighted by Gasteiger charge is -2.09. The van der Waals surface area contributed by atoms with Crippen LogP contribution >= 0.6 is 27.5 Å². The van der Waals surface area contributed by atoms with E-state index in [1.807, 2.05) is 24.3 Å². The Hall–Kier alpha value is -1.33. The smallest absolute Gasteiger partial charge is 0.137 e. The molecular formula is C14H13BrClN3O. The molecule has 2 aromatic rings. The zero-order chi connectivity index (χ0) is 14.1. The van der Waals surface area contributed by atoms with E-state index in [0.717, 1.165) is 21.9 Å². The highest BCUT2D eigenvalue weighted by Crippen LogP contribution is 2.39. The second-order valence-electron chi connectivity index (χ2n) is 4.68. The van der Waals surface area contributed by atoms with E-state index in [4.69, 9.17) is 16.3 Å². The SMILES string of the molecule is COc1ccc(Nc2cc(Br)nc(C3CC3)n2)cc1Cl. The van der Waals surface area contributed by atoms with Crippen molar-refractivity contribution in [3.05, 3.63) is 39.7 Å². The van der Waals surface area contributed by atoms with E-state index in [0.29, 0.717) is 16.7 Å². The quantitative estimate of drug-likeness (QED) is 0.820. The molecule has 0 atom stereocenters. The fraction of sp³-hybridized carbons (Fsp3) is 0.286. The Bertz CT molecular complexity index is 646. The molecule has 0 unspecified atom stereocenters. The Balaban J connectivity index is 1.85. The standard InChI is InChI=1S/C14H13BrClN3O/c1-20-11-5-4-9(6-10(11)16)17-13-7-12(15)18-14(19-13)8-2-3-8/h4-8H,2-3H2,1H3,(H,17,18,19). The van der Waals surface area contributed by atoms with Crippen LogP contribution in [0.3, 0.4) is 0 Å². The van der Waals surface area contributed by atoms with Crippen LogP contribution in [0.2, 0.25) is 5.02 Å². The van der Waals surface area contributed by atoms with Crippen LogP contribution in [0.25, 0.3) is 0 Å². The van der Waals surface area contributed by atoms with Crippen LogP contribution in [-0.2, 0) is 0 Å². The molecule has 4 nitrogen and oxygen atoms in total. The summed E-state index contributed by atoms with van der Waals surface area (Å²) in [5, 5.41) is 3.80. The summed E-state index contributed by atoms with van der Waals surface area (Å²) >= 11 is 9.53. The third-order valence-electron chi connectivity index (χ3n) is 3.08. The molecule has 1 aromatic heterocycles. The highest BCUT2D eigenvalue weighted by Gasteiger charge is 2.27. The first-order valence-electron chi connectivity index (χ1n) is 6.31. The maximum Gasteiger partial charge on any atom is 0.137 e. The minimum atomic E-state index is 0.507. The normalized spacial score (nSPS) is 14.2. The van der Waals surface area contributed by atoms with Crippen molar-refractivity contribution in [3.8, 4) is 5.75 Å². The van der Waals surface area contributed by atoms with E-state index in [-0.39, 0.29) is 0 Å². The van der Waals surface area contributed by atoms with E-state index in [1.54, 1.807) is 7.11 Å². The summed E-state index contributed by atoms with van der Waals surface area (Å²) < 4.78 is 5.92. The van der Waals surface area contributed by atoms with Crippen molar-refractivity contribution in [1.29, 1.82) is 0 Å². The number of ether oxygens (including phenoxy) is 1. The number of halogens is 2. The van der Waals surface area contributed by atoms with Gasteiger partial charge < -0.3 is 10.1 Å². The highest BCUT2D eigenvalue weighted by atomic mass is 79.9. The molecular weight excluding hydrogens is 342 g/mol. The number of aromatic nitrogens is 2. The van der Waals surface area contributed by atoms with E-state index in [9.17, 15) is 0 Å². The summed E-state index contributed by atoms with van der Waals surface area (Å²) in [7, 11) is 1.60. The zero-order valence-corrected chi connectivity index (χ0v) is 13.2. The second kappa shape index (κ2) is 5.58. The Morgan fingerprint density at radius 2 is 2.10 bits per heavy atom. The van der Waals surface area contributed by atoms with Crippen molar-refractivity contribution >= 4 is 39.0 Å². The van der Waals surface area contributed by atoms with Gasteiger partial charge in [-0.25, -0.2) is 9.97 Å². The van der Waals surface area contributed by atoms with Gasteiger partial charge in [0, 0.05) is 17.7 Å². The fourth-order valence-corrected chi connectivity index (χ4v) is 2.57. The largest absolute Gasteiger partial charge is 0.495 e. The van der Waals surface area contributed by atoms with Crippen LogP contribution < -0.4 is 10.1 Å². The number of benzene rings is 1. The number of anilines is 2. The first-order valence-corrected chi connectivity index (χ1v) is 7.48. The number of nitrogens with one attached hydrogen (secondary N) is 1. The van der Waals surface area contributed by atoms with Crippen LogP contribution in [0.15, 0.2) is 28.9 Å². The summed E-state index contributed by atoms with van der Waals surface area (Å²) in [5.41, 5.74) is 0.864. The fourth-order valence-electron chi connectivity index (χ4n) is 1.92. The lowest BCUT2D eigenvalue weighted by Crippen LogP contribution is -1.99. The maximum absolute atomic E-state index is 6.11. The molecule has 1 fully saturated rings. The van der Waals surface area contributed by atoms with Gasteiger partial charge >= 0.3 is 0 Å². The Morgan fingerprint density at radius 1 is 1.30 bits per heavy atom. The van der Waals surface area contributed by atoms with Crippen LogP contribution in [0.1, 0.15) is 24.6 Å². The van der Waals surface area contributed by atoms with Gasteiger partial charge in [-0.2, -0.15) is 0 Å². The minimum absolute atomic E-state index is 0.507. The lowest BCUT2D eigenvalue weighted by atomic mass is 10.3. The lowest BCUT2D eigenvalue weighted by molar-refractivity contribution is 0.415. The van der Waals surface area contributed by atoms with Gasteiger partial charge in [-0.1, -0.05) is 11.6 Å². The van der Waals surface area contributed by atoms with Crippen LogP contribution in [0.5, 0.6) is 5.75 Å². The third-order valence-corrected chi connectivity index (χ3v) is 3.78. The van der Waals surface area contributed by atoms with Crippen LogP contribution in [0.4, 0.5) is 11.5 Å². The Morgan fingerprint density at radius 3 is 2.75 bits per heavy atom. The molecule has 1 aliphatic carbocycles. The van der Waals surface area contributed by atoms with Gasteiger partial charge in [0.2, 0.25) is 0 Å². The molecule has 0 radical (unpaired) electrons. The van der Waals surface area contributed by atoms with Crippen LogP contribution in [0, 0.1) is 0 Å². The van der Waals surface area contributed by atoms with Gasteiger partial charge in [0.05, 0.1) is 12.1 Å². The molecule has 3 rings (SSSR count). The van der Waals surface area contributed by atoms with Crippen LogP contribution in [-0.4, -0.2) is 17.1 Å². The second-order valence-corrected chi connectivity index (χ2v) is 5.90.